The molecule has 1 unspecified atom stereocenters. The van der Waals surface area contributed by atoms with Gasteiger partial charge in [-0.1, -0.05) is 25.6 Å². The van der Waals surface area contributed by atoms with Crippen LogP contribution in [0.3, 0.4) is 0 Å². The topological polar surface area (TPSA) is 51.8 Å². The summed E-state index contributed by atoms with van der Waals surface area (Å²) in [6, 6.07) is 0. The van der Waals surface area contributed by atoms with Crippen molar-refractivity contribution in [2.24, 2.45) is 0 Å². The quantitative estimate of drug-likeness (QED) is 0.680. The van der Waals surface area contributed by atoms with Crippen molar-refractivity contribution >= 4 is 39.1 Å². The van der Waals surface area contributed by atoms with Crippen molar-refractivity contribution < 1.29 is 0 Å². The number of hydrogen-bond donors (Lipinski definition) is 1. The minimum Gasteiger partial charge on any atom is -0.383 e. The molecule has 0 aliphatic heterocycles. The van der Waals surface area contributed by atoms with Gasteiger partial charge in [-0.25, -0.2) is 9.97 Å². The Morgan fingerprint density at radius 1 is 1.42 bits per heavy atom. The summed E-state index contributed by atoms with van der Waals surface area (Å²) in [6.45, 7) is 4.46. The second-order valence-electron chi connectivity index (χ2n) is 5.15. The van der Waals surface area contributed by atoms with Gasteiger partial charge in [-0.05, 0) is 37.2 Å². The average molecular weight is 293 g/mol. The van der Waals surface area contributed by atoms with Crippen LogP contribution in [0.4, 0.5) is 5.82 Å². The third kappa shape index (κ3) is 2.34. The van der Waals surface area contributed by atoms with Crippen molar-refractivity contribution in [1.29, 1.82) is 0 Å². The third-order valence-electron chi connectivity index (χ3n) is 3.64. The smallest absolute Gasteiger partial charge is 0.190 e. The molecule has 102 valence electrons. The van der Waals surface area contributed by atoms with E-state index in [9.17, 15) is 0 Å². The van der Waals surface area contributed by atoms with E-state index in [0.29, 0.717) is 11.7 Å². The SMILES string of the molecule is CCCSc1nc(N)c2c3c(sc2n1)CCCC3C. The molecule has 0 aromatic carbocycles. The zero-order valence-electron chi connectivity index (χ0n) is 11.4. The lowest BCUT2D eigenvalue weighted by Crippen LogP contribution is -2.05. The van der Waals surface area contributed by atoms with E-state index in [0.717, 1.165) is 27.5 Å². The second-order valence-corrected chi connectivity index (χ2v) is 7.30. The van der Waals surface area contributed by atoms with Crippen molar-refractivity contribution in [2.45, 2.75) is 50.6 Å². The van der Waals surface area contributed by atoms with Gasteiger partial charge in [0.15, 0.2) is 5.16 Å². The summed E-state index contributed by atoms with van der Waals surface area (Å²) in [7, 11) is 0. The van der Waals surface area contributed by atoms with Gasteiger partial charge in [-0.15, -0.1) is 11.3 Å². The molecule has 2 aromatic heterocycles. The largest absolute Gasteiger partial charge is 0.383 e. The van der Waals surface area contributed by atoms with E-state index >= 15 is 0 Å². The second kappa shape index (κ2) is 5.29. The van der Waals surface area contributed by atoms with Crippen molar-refractivity contribution in [3.63, 3.8) is 0 Å². The number of thioether (sulfide) groups is 1. The van der Waals surface area contributed by atoms with Crippen LogP contribution in [0.5, 0.6) is 0 Å². The first kappa shape index (κ1) is 13.2. The van der Waals surface area contributed by atoms with Crippen LogP contribution in [0.1, 0.15) is 49.5 Å². The fraction of sp³-hybridized carbons (Fsp3) is 0.571. The number of anilines is 1. The molecule has 0 radical (unpaired) electrons. The highest BCUT2D eigenvalue weighted by Crippen LogP contribution is 2.43. The molecule has 3 nitrogen and oxygen atoms in total. The summed E-state index contributed by atoms with van der Waals surface area (Å²) >= 11 is 3.52. The van der Waals surface area contributed by atoms with E-state index in [1.807, 2.05) is 11.3 Å². The Balaban J connectivity index is 2.11. The number of thiophene rings is 1. The van der Waals surface area contributed by atoms with Crippen LogP contribution in [-0.4, -0.2) is 15.7 Å². The molecule has 3 rings (SSSR count). The van der Waals surface area contributed by atoms with Crippen molar-refractivity contribution in [2.75, 3.05) is 11.5 Å². The number of aromatic nitrogens is 2. The predicted molar refractivity (Wildman–Crippen MR) is 84.2 cm³/mol. The third-order valence-corrected chi connectivity index (χ3v) is 5.85. The molecule has 2 aromatic rings. The Hall–Kier alpha value is -0.810. The normalized spacial score (nSPS) is 18.7. The van der Waals surface area contributed by atoms with Crippen LogP contribution in [-0.2, 0) is 6.42 Å². The minimum atomic E-state index is 0.595. The fourth-order valence-corrected chi connectivity index (χ4v) is 4.86. The van der Waals surface area contributed by atoms with Crippen LogP contribution in [0, 0.1) is 0 Å². The average Bonchev–Trinajstić information content (AvgIpc) is 2.76. The lowest BCUT2D eigenvalue weighted by atomic mass is 9.87. The zero-order valence-corrected chi connectivity index (χ0v) is 13.0. The fourth-order valence-electron chi connectivity index (χ4n) is 2.75. The summed E-state index contributed by atoms with van der Waals surface area (Å²) in [6.07, 6.45) is 4.85. The number of nitrogen functional groups attached to an aromatic ring is 1. The van der Waals surface area contributed by atoms with Crippen LogP contribution < -0.4 is 5.73 Å². The van der Waals surface area contributed by atoms with E-state index < -0.39 is 0 Å². The summed E-state index contributed by atoms with van der Waals surface area (Å²) in [5, 5.41) is 1.96. The molecular formula is C14H19N3S2. The molecule has 0 saturated heterocycles. The van der Waals surface area contributed by atoms with Gasteiger partial charge in [0.1, 0.15) is 10.6 Å². The Morgan fingerprint density at radius 3 is 3.05 bits per heavy atom. The molecule has 2 heterocycles. The number of aryl methyl sites for hydroxylation is 1. The first-order valence-electron chi connectivity index (χ1n) is 6.92. The summed E-state index contributed by atoms with van der Waals surface area (Å²) in [4.78, 5) is 11.8. The molecule has 19 heavy (non-hydrogen) atoms. The van der Waals surface area contributed by atoms with Gasteiger partial charge in [0.2, 0.25) is 0 Å². The van der Waals surface area contributed by atoms with E-state index in [-0.39, 0.29) is 0 Å². The van der Waals surface area contributed by atoms with E-state index in [4.69, 9.17) is 10.7 Å². The van der Waals surface area contributed by atoms with Crippen molar-refractivity contribution in [3.05, 3.63) is 10.4 Å². The molecule has 2 N–H and O–H groups in total. The van der Waals surface area contributed by atoms with Crippen molar-refractivity contribution in [1.82, 2.24) is 9.97 Å². The lowest BCUT2D eigenvalue weighted by Gasteiger charge is -2.18. The maximum atomic E-state index is 6.20. The van der Waals surface area contributed by atoms with E-state index in [1.165, 1.54) is 29.7 Å². The number of hydrogen-bond acceptors (Lipinski definition) is 5. The number of nitrogens with two attached hydrogens (primary N) is 1. The zero-order chi connectivity index (χ0) is 13.4. The lowest BCUT2D eigenvalue weighted by molar-refractivity contribution is 0.602. The maximum Gasteiger partial charge on any atom is 0.190 e. The van der Waals surface area contributed by atoms with Gasteiger partial charge >= 0.3 is 0 Å². The minimum absolute atomic E-state index is 0.595. The van der Waals surface area contributed by atoms with Crippen LogP contribution in [0.2, 0.25) is 0 Å². The molecule has 1 atom stereocenters. The Labute approximate surface area is 122 Å². The molecule has 1 aliphatic carbocycles. The molecule has 0 saturated carbocycles. The van der Waals surface area contributed by atoms with Gasteiger partial charge in [0, 0.05) is 10.6 Å². The van der Waals surface area contributed by atoms with Crippen LogP contribution in [0.25, 0.3) is 10.2 Å². The molecule has 1 aliphatic rings. The molecule has 0 amide bonds. The van der Waals surface area contributed by atoms with Crippen molar-refractivity contribution in [3.8, 4) is 0 Å². The monoisotopic (exact) mass is 293 g/mol. The van der Waals surface area contributed by atoms with Gasteiger partial charge in [0.05, 0.1) is 5.39 Å². The highest BCUT2D eigenvalue weighted by molar-refractivity contribution is 7.99. The first-order chi connectivity index (χ1) is 9.20. The highest BCUT2D eigenvalue weighted by atomic mass is 32.2. The standard InChI is InChI=1S/C14H19N3S2/c1-3-7-18-14-16-12(15)11-10-8(2)5-4-6-9(10)19-13(11)17-14/h8H,3-7H2,1-2H3,(H2,15,16,17). The number of nitrogens with zero attached hydrogens (tertiary/aromatic N) is 2. The first-order valence-corrected chi connectivity index (χ1v) is 8.72. The highest BCUT2D eigenvalue weighted by Gasteiger charge is 2.24. The van der Waals surface area contributed by atoms with E-state index in [2.05, 4.69) is 18.8 Å². The summed E-state index contributed by atoms with van der Waals surface area (Å²) in [5.41, 5.74) is 7.63. The molecule has 0 spiro atoms. The molecule has 0 bridgehead atoms. The Bertz CT molecular complexity index is 606. The molecule has 0 fully saturated rings. The maximum absolute atomic E-state index is 6.20. The summed E-state index contributed by atoms with van der Waals surface area (Å²) < 4.78 is 0. The van der Waals surface area contributed by atoms with Crippen LogP contribution >= 0.6 is 23.1 Å². The summed E-state index contributed by atoms with van der Waals surface area (Å²) in [5.74, 6) is 2.32. The van der Waals surface area contributed by atoms with Gasteiger partial charge in [0.25, 0.3) is 0 Å². The number of rotatable bonds is 3. The van der Waals surface area contributed by atoms with Gasteiger partial charge in [-0.3, -0.25) is 0 Å². The Morgan fingerprint density at radius 2 is 2.26 bits per heavy atom. The molecular weight excluding hydrogens is 274 g/mol. The Kier molecular flexibility index (Phi) is 3.67. The van der Waals surface area contributed by atoms with E-state index in [1.54, 1.807) is 11.8 Å². The van der Waals surface area contributed by atoms with Gasteiger partial charge < -0.3 is 5.73 Å². The van der Waals surface area contributed by atoms with Crippen LogP contribution in [0.15, 0.2) is 5.16 Å². The number of fused-ring (bicyclic) bond motifs is 3. The predicted octanol–water partition coefficient (Wildman–Crippen LogP) is 4.22. The van der Waals surface area contributed by atoms with Gasteiger partial charge in [-0.2, -0.15) is 0 Å². The molecule has 5 heteroatoms.